The third-order valence-corrected chi connectivity index (χ3v) is 10.8. The smallest absolute Gasteiger partial charge is 0.297 e. The van der Waals surface area contributed by atoms with Gasteiger partial charge in [0.25, 0.3) is 40.5 Å². The summed E-state index contributed by atoms with van der Waals surface area (Å²) in [5, 5.41) is 0. The molecule has 0 fully saturated rings. The molecule has 3 aromatic heterocycles. The van der Waals surface area contributed by atoms with Crippen LogP contribution in [0, 0.1) is 0 Å². The fraction of sp³-hybridized carbons (Fsp3) is 0. The Labute approximate surface area is 259 Å². The van der Waals surface area contributed by atoms with E-state index in [1.54, 1.807) is 36.4 Å². The first-order valence-electron chi connectivity index (χ1n) is 12.5. The summed E-state index contributed by atoms with van der Waals surface area (Å²) in [5.74, 6) is 0. The lowest BCUT2D eigenvalue weighted by atomic mass is 10.0. The van der Waals surface area contributed by atoms with Crippen molar-refractivity contribution in [3.63, 3.8) is 0 Å². The molecule has 238 valence electrons. The molecule has 0 saturated carbocycles. The first kappa shape index (κ1) is 31.4. The number of fused-ring (bicyclic) bond motifs is 8. The van der Waals surface area contributed by atoms with Crippen LogP contribution in [0.1, 0.15) is 22.8 Å². The predicted molar refractivity (Wildman–Crippen MR) is 164 cm³/mol. The minimum absolute atomic E-state index is 0.199. The van der Waals surface area contributed by atoms with Crippen LogP contribution in [0.4, 0.5) is 0 Å². The summed E-state index contributed by atoms with van der Waals surface area (Å²) in [4.78, 5) is 6.97. The fourth-order valence-electron chi connectivity index (χ4n) is 5.00. The van der Waals surface area contributed by atoms with Gasteiger partial charge in [-0.3, -0.25) is 18.2 Å². The van der Waals surface area contributed by atoms with Gasteiger partial charge in [0.2, 0.25) is 0 Å². The van der Waals surface area contributed by atoms with Crippen molar-refractivity contribution in [3.8, 4) is 11.1 Å². The molecule has 0 saturated heterocycles. The van der Waals surface area contributed by atoms with Crippen LogP contribution in [-0.2, 0) is 40.5 Å². The molecule has 4 aromatic rings. The Kier molecular flexibility index (Phi) is 7.18. The van der Waals surface area contributed by atoms with Crippen molar-refractivity contribution < 1.29 is 51.9 Å². The number of nitrogens with zero attached hydrogens (tertiary/aromatic N) is 2. The molecule has 20 heteroatoms. The molecule has 16 nitrogen and oxygen atoms in total. The molecule has 8 bridgehead atoms. The first-order valence-corrected chi connectivity index (χ1v) is 18.2. The Bertz CT molecular complexity index is 2600. The normalized spacial score (nSPS) is 13.7. The number of aromatic nitrogens is 4. The van der Waals surface area contributed by atoms with Crippen molar-refractivity contribution in [1.82, 2.24) is 19.9 Å². The Morgan fingerprint density at radius 1 is 0.478 bits per heavy atom. The van der Waals surface area contributed by atoms with E-state index in [2.05, 4.69) is 19.9 Å². The Balaban J connectivity index is 1.90. The molecule has 0 atom stereocenters. The van der Waals surface area contributed by atoms with Gasteiger partial charge in [0.05, 0.1) is 22.8 Å². The third kappa shape index (κ3) is 5.90. The molecule has 6 rings (SSSR count). The lowest BCUT2D eigenvalue weighted by Crippen LogP contribution is -2.20. The van der Waals surface area contributed by atoms with Crippen molar-refractivity contribution in [2.45, 2.75) is 19.6 Å². The van der Waals surface area contributed by atoms with Gasteiger partial charge in [0.1, 0.15) is 19.6 Å². The summed E-state index contributed by atoms with van der Waals surface area (Å²) in [5.41, 5.74) is 1.09. The highest BCUT2D eigenvalue weighted by Crippen LogP contribution is 2.43. The molecule has 0 aliphatic carbocycles. The van der Waals surface area contributed by atoms with Crippen molar-refractivity contribution in [2.75, 3.05) is 0 Å². The van der Waals surface area contributed by atoms with Gasteiger partial charge >= 0.3 is 0 Å². The zero-order valence-corrected chi connectivity index (χ0v) is 25.8. The quantitative estimate of drug-likeness (QED) is 0.140. The van der Waals surface area contributed by atoms with Crippen LogP contribution in [-0.4, -0.2) is 71.8 Å². The number of hydrogen-bond donors (Lipinski definition) is 6. The van der Waals surface area contributed by atoms with Crippen molar-refractivity contribution in [2.24, 2.45) is 0 Å². The molecule has 2 aliphatic rings. The molecule has 46 heavy (non-hydrogen) atoms. The van der Waals surface area contributed by atoms with Gasteiger partial charge in [-0.15, -0.1) is 0 Å². The molecule has 2 aliphatic heterocycles. The third-order valence-electron chi connectivity index (χ3n) is 6.69. The average Bonchev–Trinajstić information content (AvgIpc) is 3.72. The van der Waals surface area contributed by atoms with E-state index in [0.717, 1.165) is 0 Å². The number of aromatic amines is 2. The molecule has 0 unspecified atom stereocenters. The highest BCUT2D eigenvalue weighted by molar-refractivity contribution is 7.91. The lowest BCUT2D eigenvalue weighted by Gasteiger charge is -2.17. The molecule has 0 amide bonds. The summed E-state index contributed by atoms with van der Waals surface area (Å²) in [6.07, 6.45) is 5.48. The van der Waals surface area contributed by atoms with Crippen molar-refractivity contribution in [1.29, 1.82) is 0 Å². The standard InChI is InChI=1S/C26H18N4O12S4/c31-43(32,33)22-12-19(24(44(34,35)36)26(46(40,41)42)25(22)45(37,38)39)23-20-7-5-17(29-20)10-15-3-1-13(27-15)9-14-2-4-16(28-14)11-18-6-8-21(23)30-18/h1-12,27-28H,(H,31,32,33)(H,34,35,36)(H,37,38,39)(H,40,41,42). The first-order chi connectivity index (χ1) is 21.3. The highest BCUT2D eigenvalue weighted by atomic mass is 32.2. The zero-order valence-electron chi connectivity index (χ0n) is 22.5. The number of rotatable bonds is 5. The summed E-state index contributed by atoms with van der Waals surface area (Å²) in [7, 11) is -23.9. The Morgan fingerprint density at radius 3 is 1.28 bits per heavy atom. The van der Waals surface area contributed by atoms with Crippen LogP contribution >= 0.6 is 0 Å². The minimum Gasteiger partial charge on any atom is -0.355 e. The molecule has 0 spiro atoms. The fourth-order valence-corrected chi connectivity index (χ4v) is 9.74. The highest BCUT2D eigenvalue weighted by Gasteiger charge is 2.41. The van der Waals surface area contributed by atoms with Crippen LogP contribution in [0.2, 0.25) is 0 Å². The molecular weight excluding hydrogens is 689 g/mol. The number of nitrogens with one attached hydrogen (secondary N) is 2. The second-order valence-electron chi connectivity index (χ2n) is 9.87. The van der Waals surface area contributed by atoms with Crippen LogP contribution in [0.15, 0.2) is 68.1 Å². The predicted octanol–water partition coefficient (Wildman–Crippen LogP) is 3.31. The molecule has 1 aromatic carbocycles. The van der Waals surface area contributed by atoms with Gasteiger partial charge in [-0.2, -0.15) is 33.7 Å². The van der Waals surface area contributed by atoms with Crippen molar-refractivity contribution >= 4 is 86.8 Å². The summed E-state index contributed by atoms with van der Waals surface area (Å²) in [6, 6.07) is 12.2. The summed E-state index contributed by atoms with van der Waals surface area (Å²) >= 11 is 0. The van der Waals surface area contributed by atoms with E-state index in [0.29, 0.717) is 22.1 Å². The molecule has 0 radical (unpaired) electrons. The van der Waals surface area contributed by atoms with Gasteiger partial charge < -0.3 is 9.97 Å². The van der Waals surface area contributed by atoms with E-state index in [-0.39, 0.29) is 28.8 Å². The molecular formula is C26H18N4O12S4. The number of benzene rings is 1. The Morgan fingerprint density at radius 2 is 0.891 bits per heavy atom. The van der Waals surface area contributed by atoms with E-state index in [4.69, 9.17) is 0 Å². The zero-order chi connectivity index (χ0) is 33.4. The largest absolute Gasteiger partial charge is 0.355 e. The van der Waals surface area contributed by atoms with E-state index in [1.807, 2.05) is 6.07 Å². The Hall–Kier alpha value is -4.54. The maximum atomic E-state index is 12.8. The van der Waals surface area contributed by atoms with Crippen molar-refractivity contribution in [3.05, 3.63) is 71.3 Å². The van der Waals surface area contributed by atoms with Crippen LogP contribution in [0.3, 0.4) is 0 Å². The van der Waals surface area contributed by atoms with E-state index in [9.17, 15) is 51.9 Å². The number of H-pyrrole nitrogens is 2. The van der Waals surface area contributed by atoms with E-state index < -0.39 is 71.2 Å². The van der Waals surface area contributed by atoms with Gasteiger partial charge in [-0.1, -0.05) is 0 Å². The van der Waals surface area contributed by atoms with E-state index >= 15 is 0 Å². The summed E-state index contributed by atoms with van der Waals surface area (Å²) in [6.45, 7) is 0. The average molecular weight is 707 g/mol. The van der Waals surface area contributed by atoms with Gasteiger partial charge in [0.15, 0.2) is 0 Å². The molecule has 6 N–H and O–H groups in total. The van der Waals surface area contributed by atoms with Crippen LogP contribution < -0.4 is 0 Å². The van der Waals surface area contributed by atoms with Gasteiger partial charge in [-0.05, 0) is 72.8 Å². The van der Waals surface area contributed by atoms with Gasteiger partial charge in [-0.25, -0.2) is 9.97 Å². The second kappa shape index (κ2) is 10.5. The minimum atomic E-state index is -6.12. The second-order valence-corrected chi connectivity index (χ2v) is 15.3. The summed E-state index contributed by atoms with van der Waals surface area (Å²) < 4.78 is 140. The van der Waals surface area contributed by atoms with E-state index in [1.165, 1.54) is 24.3 Å². The van der Waals surface area contributed by atoms with Crippen LogP contribution in [0.5, 0.6) is 0 Å². The monoisotopic (exact) mass is 706 g/mol. The maximum absolute atomic E-state index is 12.8. The van der Waals surface area contributed by atoms with Gasteiger partial charge in [0, 0.05) is 33.2 Å². The lowest BCUT2D eigenvalue weighted by molar-refractivity contribution is 0.447. The topological polar surface area (TPSA) is 275 Å². The maximum Gasteiger partial charge on any atom is 0.297 e. The number of hydrogen-bond acceptors (Lipinski definition) is 10. The molecule has 5 heterocycles. The SMILES string of the molecule is O=S(=O)(O)c1cc(-c2c3nc(cc4ccc(cc5ccc(cc6nc2C=C6)[nH]5)[nH]4)C=C3)c(S(=O)(=O)O)c(S(=O)(=O)O)c1S(=O)(=O)O. The van der Waals surface area contributed by atoms with Crippen LogP contribution in [0.25, 0.3) is 57.5 Å².